The summed E-state index contributed by atoms with van der Waals surface area (Å²) >= 11 is 0. The normalized spacial score (nSPS) is 11.7. The first-order chi connectivity index (χ1) is 10.3. The number of nitrogens with two attached hydrogens (primary N) is 1. The molecule has 0 aliphatic heterocycles. The van der Waals surface area contributed by atoms with Crippen LogP contribution in [0, 0.1) is 0 Å². The maximum absolute atomic E-state index is 9.69. The van der Waals surface area contributed by atoms with Crippen LogP contribution in [0.25, 0.3) is 0 Å². The molecule has 0 heterocycles. The number of aliphatic carboxylic acids is 2. The molecule has 0 bridgehead atoms. The van der Waals surface area contributed by atoms with E-state index in [2.05, 4.69) is 0 Å². The molecule has 0 aliphatic carbocycles. The number of hydrogen-bond donors (Lipinski definition) is 4. The first-order valence-corrected chi connectivity index (χ1v) is 6.18. The standard InChI is InChI=1S/C10H16N2O2.C4H4O4/c1-12(11)7-10(13)8-3-5-9(14-2)6-4-8;5-3(6)1-2-4(7)8/h3-6,10,13H,7,11H2,1-2H3;1-2H,(H,5,6)(H,7,8)/b;2-1+. The Kier molecular flexibility index (Phi) is 9.19. The summed E-state index contributed by atoms with van der Waals surface area (Å²) in [6.45, 7) is 0.409. The Morgan fingerprint density at radius 2 is 1.68 bits per heavy atom. The van der Waals surface area contributed by atoms with Crippen LogP contribution in [0.4, 0.5) is 0 Å². The predicted octanol–water partition coefficient (Wildman–Crippen LogP) is 0.246. The van der Waals surface area contributed by atoms with Gasteiger partial charge in [0.1, 0.15) is 5.75 Å². The lowest BCUT2D eigenvalue weighted by Gasteiger charge is -2.15. The third kappa shape index (κ3) is 9.48. The number of aliphatic hydroxyl groups excluding tert-OH is 1. The van der Waals surface area contributed by atoms with Crippen molar-refractivity contribution in [2.24, 2.45) is 5.84 Å². The van der Waals surface area contributed by atoms with E-state index in [-0.39, 0.29) is 0 Å². The molecule has 22 heavy (non-hydrogen) atoms. The van der Waals surface area contributed by atoms with Crippen LogP contribution in [-0.2, 0) is 9.59 Å². The Morgan fingerprint density at radius 3 is 2.00 bits per heavy atom. The van der Waals surface area contributed by atoms with Crippen molar-refractivity contribution in [3.8, 4) is 5.75 Å². The Morgan fingerprint density at radius 1 is 1.23 bits per heavy atom. The number of carboxylic acid groups (broad SMARTS) is 2. The van der Waals surface area contributed by atoms with Crippen LogP contribution in [0.15, 0.2) is 36.4 Å². The maximum atomic E-state index is 9.69. The van der Waals surface area contributed by atoms with Crippen molar-refractivity contribution < 1.29 is 29.6 Å². The molecule has 5 N–H and O–H groups in total. The van der Waals surface area contributed by atoms with Crippen LogP contribution in [0.3, 0.4) is 0 Å². The van der Waals surface area contributed by atoms with E-state index in [0.29, 0.717) is 18.7 Å². The smallest absolute Gasteiger partial charge is 0.328 e. The highest BCUT2D eigenvalue weighted by atomic mass is 16.5. The molecule has 1 rings (SSSR count). The van der Waals surface area contributed by atoms with Crippen molar-refractivity contribution in [2.45, 2.75) is 6.10 Å². The van der Waals surface area contributed by atoms with Gasteiger partial charge in [-0.3, -0.25) is 5.84 Å². The maximum Gasteiger partial charge on any atom is 0.328 e. The quantitative estimate of drug-likeness (QED) is 0.333. The van der Waals surface area contributed by atoms with Crippen LogP contribution >= 0.6 is 0 Å². The van der Waals surface area contributed by atoms with Crippen molar-refractivity contribution in [1.82, 2.24) is 5.01 Å². The molecule has 0 aliphatic rings. The molecule has 0 radical (unpaired) electrons. The van der Waals surface area contributed by atoms with Gasteiger partial charge >= 0.3 is 11.9 Å². The summed E-state index contributed by atoms with van der Waals surface area (Å²) < 4.78 is 5.01. The van der Waals surface area contributed by atoms with Gasteiger partial charge < -0.3 is 20.1 Å². The van der Waals surface area contributed by atoms with Gasteiger partial charge in [0.05, 0.1) is 13.2 Å². The number of nitrogens with zero attached hydrogens (tertiary/aromatic N) is 1. The van der Waals surface area contributed by atoms with E-state index in [1.165, 1.54) is 5.01 Å². The van der Waals surface area contributed by atoms with E-state index in [9.17, 15) is 14.7 Å². The van der Waals surface area contributed by atoms with E-state index in [4.69, 9.17) is 20.8 Å². The lowest BCUT2D eigenvalue weighted by molar-refractivity contribution is -0.134. The zero-order valence-electron chi connectivity index (χ0n) is 12.3. The average Bonchev–Trinajstić information content (AvgIpc) is 2.45. The molecule has 0 fully saturated rings. The lowest BCUT2D eigenvalue weighted by atomic mass is 10.1. The fourth-order valence-corrected chi connectivity index (χ4v) is 1.35. The summed E-state index contributed by atoms with van der Waals surface area (Å²) in [6, 6.07) is 7.28. The average molecular weight is 312 g/mol. The molecule has 0 aromatic heterocycles. The topological polar surface area (TPSA) is 133 Å². The highest BCUT2D eigenvalue weighted by molar-refractivity contribution is 5.89. The van der Waals surface area contributed by atoms with Crippen LogP contribution in [0.1, 0.15) is 11.7 Å². The van der Waals surface area contributed by atoms with Gasteiger partial charge in [0.15, 0.2) is 0 Å². The lowest BCUT2D eigenvalue weighted by Crippen LogP contribution is -2.30. The minimum absolute atomic E-state index is 0.409. The second-order valence-corrected chi connectivity index (χ2v) is 4.24. The minimum atomic E-state index is -1.26. The summed E-state index contributed by atoms with van der Waals surface area (Å²) in [5.41, 5.74) is 0.836. The predicted molar refractivity (Wildman–Crippen MR) is 79.2 cm³/mol. The summed E-state index contributed by atoms with van der Waals surface area (Å²) in [5, 5.41) is 26.8. The van der Waals surface area contributed by atoms with Gasteiger partial charge in [-0.25, -0.2) is 14.6 Å². The van der Waals surface area contributed by atoms with Gasteiger partial charge in [0.2, 0.25) is 0 Å². The number of rotatable bonds is 6. The van der Waals surface area contributed by atoms with Crippen molar-refractivity contribution in [3.63, 3.8) is 0 Å². The highest BCUT2D eigenvalue weighted by Crippen LogP contribution is 2.17. The third-order valence-corrected chi connectivity index (χ3v) is 2.33. The molecule has 0 saturated heterocycles. The van der Waals surface area contributed by atoms with E-state index in [1.54, 1.807) is 14.2 Å². The van der Waals surface area contributed by atoms with Crippen molar-refractivity contribution >= 4 is 11.9 Å². The van der Waals surface area contributed by atoms with Gasteiger partial charge in [-0.15, -0.1) is 0 Å². The summed E-state index contributed by atoms with van der Waals surface area (Å²) in [7, 11) is 3.33. The van der Waals surface area contributed by atoms with Crippen molar-refractivity contribution in [1.29, 1.82) is 0 Å². The highest BCUT2D eigenvalue weighted by Gasteiger charge is 2.08. The van der Waals surface area contributed by atoms with Crippen molar-refractivity contribution in [2.75, 3.05) is 20.7 Å². The number of carbonyl (C=O) groups is 2. The Hall–Kier alpha value is -2.42. The molecule has 1 unspecified atom stereocenters. The Bertz CT molecular complexity index is 483. The second-order valence-electron chi connectivity index (χ2n) is 4.24. The molecule has 0 amide bonds. The third-order valence-electron chi connectivity index (χ3n) is 2.33. The van der Waals surface area contributed by atoms with Crippen LogP contribution < -0.4 is 10.6 Å². The van der Waals surface area contributed by atoms with E-state index >= 15 is 0 Å². The fraction of sp³-hybridized carbons (Fsp3) is 0.286. The zero-order chi connectivity index (χ0) is 17.1. The number of hydrazine groups is 1. The first-order valence-electron chi connectivity index (χ1n) is 6.18. The van der Waals surface area contributed by atoms with Gasteiger partial charge in [0.25, 0.3) is 0 Å². The molecule has 8 heteroatoms. The number of carboxylic acids is 2. The largest absolute Gasteiger partial charge is 0.497 e. The van der Waals surface area contributed by atoms with Gasteiger partial charge in [-0.2, -0.15) is 0 Å². The first kappa shape index (κ1) is 19.6. The van der Waals surface area contributed by atoms with E-state index in [0.717, 1.165) is 11.3 Å². The molecular formula is C14H20N2O6. The van der Waals surface area contributed by atoms with Crippen LogP contribution in [0.2, 0.25) is 0 Å². The summed E-state index contributed by atoms with van der Waals surface area (Å²) in [4.78, 5) is 19.1. The van der Waals surface area contributed by atoms with Gasteiger partial charge in [-0.05, 0) is 17.7 Å². The number of aliphatic hydroxyl groups is 1. The second kappa shape index (κ2) is 10.3. The van der Waals surface area contributed by atoms with Gasteiger partial charge in [-0.1, -0.05) is 12.1 Å². The molecule has 1 aromatic rings. The van der Waals surface area contributed by atoms with E-state index < -0.39 is 18.0 Å². The minimum Gasteiger partial charge on any atom is -0.497 e. The molecule has 1 aromatic carbocycles. The number of methoxy groups -OCH3 is 1. The Balaban J connectivity index is 0.000000472. The summed E-state index contributed by atoms with van der Waals surface area (Å²) in [5.74, 6) is 3.70. The molecular weight excluding hydrogens is 292 g/mol. The van der Waals surface area contributed by atoms with E-state index in [1.807, 2.05) is 24.3 Å². The molecule has 8 nitrogen and oxygen atoms in total. The number of ether oxygens (including phenoxy) is 1. The molecule has 0 spiro atoms. The van der Waals surface area contributed by atoms with Crippen LogP contribution in [-0.4, -0.2) is 53.0 Å². The van der Waals surface area contributed by atoms with Gasteiger partial charge in [0, 0.05) is 25.7 Å². The Labute approximate surface area is 128 Å². The zero-order valence-corrected chi connectivity index (χ0v) is 12.3. The molecule has 122 valence electrons. The monoisotopic (exact) mass is 312 g/mol. The fourth-order valence-electron chi connectivity index (χ4n) is 1.35. The summed E-state index contributed by atoms with van der Waals surface area (Å²) in [6.07, 6.45) is 0.556. The number of benzene rings is 1. The van der Waals surface area contributed by atoms with Crippen LogP contribution in [0.5, 0.6) is 5.75 Å². The van der Waals surface area contributed by atoms with Crippen molar-refractivity contribution in [3.05, 3.63) is 42.0 Å². The SMILES string of the molecule is COc1ccc(C(O)CN(C)N)cc1.O=C(O)/C=C/C(=O)O. The number of likely N-dealkylation sites (N-methyl/N-ethyl adjacent to an activating group) is 1. The number of hydrogen-bond acceptors (Lipinski definition) is 6. The molecule has 1 atom stereocenters. The molecule has 0 saturated carbocycles.